The van der Waals surface area contributed by atoms with Crippen LogP contribution in [0.25, 0.3) is 0 Å². The molecular weight excluding hydrogens is 404 g/mol. The van der Waals surface area contributed by atoms with E-state index < -0.39 is 11.2 Å². The van der Waals surface area contributed by atoms with Crippen LogP contribution in [0.5, 0.6) is 5.75 Å². The van der Waals surface area contributed by atoms with Crippen molar-refractivity contribution >= 4 is 0 Å². The number of hydrogen-bond acceptors (Lipinski definition) is 2. The van der Waals surface area contributed by atoms with Gasteiger partial charge in [0.2, 0.25) is 5.79 Å². The van der Waals surface area contributed by atoms with Gasteiger partial charge in [-0.15, -0.1) is 0 Å². The zero-order chi connectivity index (χ0) is 24.4. The van der Waals surface area contributed by atoms with Gasteiger partial charge in [-0.3, -0.25) is 0 Å². The molecule has 2 aromatic carbocycles. The summed E-state index contributed by atoms with van der Waals surface area (Å²) in [6.45, 7) is 13.3. The van der Waals surface area contributed by atoms with E-state index in [-0.39, 0.29) is 11.3 Å². The minimum absolute atomic E-state index is 0.0675. The molecule has 0 saturated heterocycles. The van der Waals surface area contributed by atoms with Crippen LogP contribution in [0.1, 0.15) is 111 Å². The summed E-state index contributed by atoms with van der Waals surface area (Å²) in [6.07, 6.45) is 10.6. The molecule has 2 heteroatoms. The molecule has 2 aromatic rings. The van der Waals surface area contributed by atoms with Crippen LogP contribution in [0.4, 0.5) is 0 Å². The molecule has 0 amide bonds. The average molecular weight is 453 g/mol. The molecule has 2 rings (SSSR count). The van der Waals surface area contributed by atoms with Crippen molar-refractivity contribution in [1.29, 1.82) is 0 Å². The van der Waals surface area contributed by atoms with Gasteiger partial charge in [0, 0.05) is 11.3 Å². The van der Waals surface area contributed by atoms with Gasteiger partial charge in [-0.25, -0.2) is 0 Å². The largest absolute Gasteiger partial charge is 0.461 e. The first-order valence-corrected chi connectivity index (χ1v) is 13.1. The summed E-state index contributed by atoms with van der Waals surface area (Å²) in [5, 5.41) is 12.5. The molecule has 2 nitrogen and oxygen atoms in total. The number of benzene rings is 2. The summed E-state index contributed by atoms with van der Waals surface area (Å²) in [6, 6.07) is 20.3. The first-order valence-electron chi connectivity index (χ1n) is 13.1. The first-order chi connectivity index (χ1) is 15.6. The minimum Gasteiger partial charge on any atom is -0.461 e. The highest BCUT2D eigenvalue weighted by Gasteiger charge is 2.53. The van der Waals surface area contributed by atoms with Crippen LogP contribution in [-0.2, 0) is 0 Å². The predicted octanol–water partition coefficient (Wildman–Crippen LogP) is 9.14. The second-order valence-electron chi connectivity index (χ2n) is 11.6. The first kappa shape index (κ1) is 27.4. The lowest BCUT2D eigenvalue weighted by molar-refractivity contribution is -0.238. The van der Waals surface area contributed by atoms with Crippen LogP contribution in [-0.4, -0.2) is 10.9 Å². The van der Waals surface area contributed by atoms with E-state index in [1.165, 1.54) is 38.5 Å². The number of rotatable bonds is 14. The molecule has 33 heavy (non-hydrogen) atoms. The van der Waals surface area contributed by atoms with Crippen molar-refractivity contribution in [3.05, 3.63) is 66.2 Å². The Labute approximate surface area is 203 Å². The standard InChI is InChI=1S/C31H48O2/c1-7-8-9-10-11-12-19-24-28(26-20-15-13-16-21-26)31(32,30(5,6)25-29(2,3)4)33-27-22-17-14-18-23-27/h13-18,20-23,28,32H,7-12,19,24-25H2,1-6H3. The van der Waals surface area contributed by atoms with Crippen molar-refractivity contribution in [2.24, 2.45) is 10.8 Å². The van der Waals surface area contributed by atoms with Crippen LogP contribution in [0.2, 0.25) is 0 Å². The van der Waals surface area contributed by atoms with Gasteiger partial charge in [0.05, 0.1) is 0 Å². The van der Waals surface area contributed by atoms with Crippen LogP contribution >= 0.6 is 0 Å². The molecule has 0 aliphatic heterocycles. The molecule has 0 aromatic heterocycles. The highest BCUT2D eigenvalue weighted by Crippen LogP contribution is 2.50. The van der Waals surface area contributed by atoms with E-state index in [0.29, 0.717) is 0 Å². The number of hydrogen-bond donors (Lipinski definition) is 1. The molecule has 0 radical (unpaired) electrons. The summed E-state index contributed by atoms with van der Waals surface area (Å²) in [4.78, 5) is 0. The van der Waals surface area contributed by atoms with Crippen molar-refractivity contribution in [1.82, 2.24) is 0 Å². The lowest BCUT2D eigenvalue weighted by Gasteiger charge is -2.49. The van der Waals surface area contributed by atoms with Crippen LogP contribution in [0.15, 0.2) is 60.7 Å². The molecular formula is C31H48O2. The lowest BCUT2D eigenvalue weighted by Crippen LogP contribution is -2.55. The van der Waals surface area contributed by atoms with Crippen LogP contribution in [0.3, 0.4) is 0 Å². The summed E-state index contributed by atoms with van der Waals surface area (Å²) in [7, 11) is 0. The van der Waals surface area contributed by atoms with Gasteiger partial charge >= 0.3 is 0 Å². The minimum atomic E-state index is -1.33. The third-order valence-electron chi connectivity index (χ3n) is 6.73. The van der Waals surface area contributed by atoms with E-state index in [2.05, 4.69) is 65.8 Å². The molecule has 2 unspecified atom stereocenters. The van der Waals surface area contributed by atoms with E-state index >= 15 is 0 Å². The third-order valence-corrected chi connectivity index (χ3v) is 6.73. The molecule has 1 N–H and O–H groups in total. The molecule has 0 spiro atoms. The molecule has 184 valence electrons. The van der Waals surface area contributed by atoms with Crippen LogP contribution < -0.4 is 4.74 Å². The van der Waals surface area contributed by atoms with Crippen molar-refractivity contribution in [2.45, 2.75) is 111 Å². The van der Waals surface area contributed by atoms with E-state index in [4.69, 9.17) is 4.74 Å². The monoisotopic (exact) mass is 452 g/mol. The summed E-state index contributed by atoms with van der Waals surface area (Å²) < 4.78 is 6.59. The Morgan fingerprint density at radius 2 is 1.24 bits per heavy atom. The van der Waals surface area contributed by atoms with Crippen LogP contribution in [0, 0.1) is 10.8 Å². The molecule has 2 atom stereocenters. The third kappa shape index (κ3) is 8.49. The van der Waals surface area contributed by atoms with Gasteiger partial charge in [-0.1, -0.05) is 135 Å². The molecule has 0 bridgehead atoms. The number of unbranched alkanes of at least 4 members (excludes halogenated alkanes) is 6. The van der Waals surface area contributed by atoms with Gasteiger partial charge < -0.3 is 9.84 Å². The van der Waals surface area contributed by atoms with E-state index in [1.807, 2.05) is 36.4 Å². The summed E-state index contributed by atoms with van der Waals surface area (Å²) >= 11 is 0. The Morgan fingerprint density at radius 1 is 0.727 bits per heavy atom. The van der Waals surface area contributed by atoms with Crippen molar-refractivity contribution in [3.63, 3.8) is 0 Å². The molecule has 0 fully saturated rings. The van der Waals surface area contributed by atoms with Crippen molar-refractivity contribution in [2.75, 3.05) is 0 Å². The lowest BCUT2D eigenvalue weighted by atomic mass is 9.65. The SMILES string of the molecule is CCCCCCCCCC(c1ccccc1)C(O)(Oc1ccccc1)C(C)(C)CC(C)(C)C. The maximum atomic E-state index is 12.5. The van der Waals surface area contributed by atoms with E-state index in [0.717, 1.165) is 30.6 Å². The van der Waals surface area contributed by atoms with Gasteiger partial charge in [-0.05, 0) is 36.0 Å². The summed E-state index contributed by atoms with van der Waals surface area (Å²) in [5.41, 5.74) is 0.768. The fraction of sp³-hybridized carbons (Fsp3) is 0.613. The Morgan fingerprint density at radius 3 is 1.79 bits per heavy atom. The fourth-order valence-electron chi connectivity index (χ4n) is 5.38. The Bertz CT molecular complexity index is 776. The number of ether oxygens (including phenoxy) is 1. The predicted molar refractivity (Wildman–Crippen MR) is 142 cm³/mol. The molecule has 0 aliphatic rings. The maximum absolute atomic E-state index is 12.5. The van der Waals surface area contributed by atoms with Gasteiger partial charge in [-0.2, -0.15) is 0 Å². The fourth-order valence-corrected chi connectivity index (χ4v) is 5.38. The summed E-state index contributed by atoms with van der Waals surface area (Å²) in [5.74, 6) is -0.708. The number of aliphatic hydroxyl groups is 1. The molecule has 0 aliphatic carbocycles. The van der Waals surface area contributed by atoms with E-state index in [9.17, 15) is 5.11 Å². The average Bonchev–Trinajstić information content (AvgIpc) is 2.75. The maximum Gasteiger partial charge on any atom is 0.220 e. The zero-order valence-electron chi connectivity index (χ0n) is 22.1. The van der Waals surface area contributed by atoms with Gasteiger partial charge in [0.15, 0.2) is 0 Å². The van der Waals surface area contributed by atoms with Crippen molar-refractivity contribution in [3.8, 4) is 5.75 Å². The topological polar surface area (TPSA) is 29.5 Å². The highest BCUT2D eigenvalue weighted by atomic mass is 16.6. The van der Waals surface area contributed by atoms with Crippen molar-refractivity contribution < 1.29 is 9.84 Å². The second kappa shape index (κ2) is 12.6. The number of para-hydroxylation sites is 1. The Balaban J connectivity index is 2.35. The van der Waals surface area contributed by atoms with Gasteiger partial charge in [0.25, 0.3) is 0 Å². The smallest absolute Gasteiger partial charge is 0.220 e. The molecule has 0 heterocycles. The molecule has 0 saturated carbocycles. The second-order valence-corrected chi connectivity index (χ2v) is 11.6. The Kier molecular flexibility index (Phi) is 10.5. The van der Waals surface area contributed by atoms with E-state index in [1.54, 1.807) is 0 Å². The normalized spacial score (nSPS) is 15.1. The van der Waals surface area contributed by atoms with Gasteiger partial charge in [0.1, 0.15) is 5.75 Å². The quantitative estimate of drug-likeness (QED) is 0.229. The zero-order valence-corrected chi connectivity index (χ0v) is 22.1. The highest BCUT2D eigenvalue weighted by molar-refractivity contribution is 5.27. The Hall–Kier alpha value is -1.80.